The van der Waals surface area contributed by atoms with Gasteiger partial charge in [0.2, 0.25) is 5.91 Å². The molecule has 2 unspecified atom stereocenters. The molecule has 2 atom stereocenters. The lowest BCUT2D eigenvalue weighted by atomic mass is 9.90. The molecule has 1 aliphatic rings. The Bertz CT molecular complexity index is 591. The minimum Gasteiger partial charge on any atom is -0.340 e. The molecule has 0 spiro atoms. The maximum absolute atomic E-state index is 12.9. The minimum absolute atomic E-state index is 0.152. The topological polar surface area (TPSA) is 49.4 Å². The van der Waals surface area contributed by atoms with E-state index in [0.717, 1.165) is 0 Å². The van der Waals surface area contributed by atoms with Crippen LogP contribution < -0.4 is 10.2 Å². The van der Waals surface area contributed by atoms with Gasteiger partial charge >= 0.3 is 0 Å². The van der Waals surface area contributed by atoms with Gasteiger partial charge in [-0.05, 0) is 38.0 Å². The summed E-state index contributed by atoms with van der Waals surface area (Å²) in [6.45, 7) is 5.46. The highest BCUT2D eigenvalue weighted by molar-refractivity contribution is 6.37. The van der Waals surface area contributed by atoms with E-state index in [0.29, 0.717) is 28.6 Å². The first kappa shape index (κ1) is 16.1. The molecule has 1 fully saturated rings. The van der Waals surface area contributed by atoms with Crippen molar-refractivity contribution in [3.63, 3.8) is 0 Å². The summed E-state index contributed by atoms with van der Waals surface area (Å²) in [5.41, 5.74) is -0.390. The lowest BCUT2D eigenvalue weighted by molar-refractivity contribution is -0.138. The zero-order valence-corrected chi connectivity index (χ0v) is 13.8. The molecule has 2 rings (SSSR count). The van der Waals surface area contributed by atoms with Gasteiger partial charge in [-0.1, -0.05) is 37.0 Å². The number of hydrogen-bond donors (Lipinski definition) is 1. The van der Waals surface area contributed by atoms with Crippen molar-refractivity contribution < 1.29 is 9.59 Å². The molecule has 0 aromatic heterocycles. The van der Waals surface area contributed by atoms with Gasteiger partial charge in [0.25, 0.3) is 5.91 Å². The monoisotopic (exact) mass is 328 g/mol. The number of carbonyl (C=O) groups is 2. The van der Waals surface area contributed by atoms with E-state index in [1.54, 1.807) is 25.1 Å². The Hall–Kier alpha value is -1.26. The number of piperazine rings is 1. The third kappa shape index (κ3) is 2.74. The zero-order chi connectivity index (χ0) is 15.8. The molecule has 0 radical (unpaired) electrons. The molecule has 0 aliphatic carbocycles. The molecule has 1 aliphatic heterocycles. The average molecular weight is 329 g/mol. The number of anilines is 1. The van der Waals surface area contributed by atoms with Crippen molar-refractivity contribution in [1.82, 2.24) is 5.32 Å². The van der Waals surface area contributed by atoms with Crippen LogP contribution in [-0.2, 0) is 9.59 Å². The smallest absolute Gasteiger partial charge is 0.253 e. The van der Waals surface area contributed by atoms with Crippen molar-refractivity contribution in [3.8, 4) is 0 Å². The number of carbonyl (C=O) groups excluding carboxylic acids is 2. The van der Waals surface area contributed by atoms with E-state index in [-0.39, 0.29) is 11.8 Å². The van der Waals surface area contributed by atoms with Crippen LogP contribution in [0.1, 0.15) is 33.6 Å². The Kier molecular flexibility index (Phi) is 4.49. The number of nitrogens with zero attached hydrogens (tertiary/aromatic N) is 1. The first-order chi connectivity index (χ1) is 9.84. The number of rotatable bonds is 3. The number of nitrogens with one attached hydrogen (secondary N) is 1. The molecule has 2 amide bonds. The van der Waals surface area contributed by atoms with Crippen molar-refractivity contribution >= 4 is 40.7 Å². The quantitative estimate of drug-likeness (QED) is 0.924. The number of halogens is 2. The van der Waals surface area contributed by atoms with E-state index in [2.05, 4.69) is 5.32 Å². The largest absolute Gasteiger partial charge is 0.340 e. The van der Waals surface area contributed by atoms with Crippen LogP contribution in [0.4, 0.5) is 5.69 Å². The molecule has 1 heterocycles. The van der Waals surface area contributed by atoms with E-state index >= 15 is 0 Å². The Morgan fingerprint density at radius 1 is 1.29 bits per heavy atom. The van der Waals surface area contributed by atoms with Gasteiger partial charge in [0.15, 0.2) is 0 Å². The molecule has 21 heavy (non-hydrogen) atoms. The summed E-state index contributed by atoms with van der Waals surface area (Å²) in [6, 6.07) is 4.36. The van der Waals surface area contributed by atoms with Crippen LogP contribution in [0, 0.1) is 0 Å². The molecule has 4 nitrogen and oxygen atoms in total. The summed E-state index contributed by atoms with van der Waals surface area (Å²) in [4.78, 5) is 26.7. The van der Waals surface area contributed by atoms with E-state index in [4.69, 9.17) is 23.2 Å². The third-order valence-corrected chi connectivity index (χ3v) is 4.51. The highest BCUT2D eigenvalue weighted by atomic mass is 35.5. The van der Waals surface area contributed by atoms with E-state index in [1.165, 1.54) is 4.90 Å². The van der Waals surface area contributed by atoms with Gasteiger partial charge in [0.1, 0.15) is 11.6 Å². The number of benzene rings is 1. The summed E-state index contributed by atoms with van der Waals surface area (Å²) in [5.74, 6) is -0.312. The minimum atomic E-state index is -0.911. The predicted octanol–water partition coefficient (Wildman–Crippen LogP) is 3.40. The van der Waals surface area contributed by atoms with Crippen molar-refractivity contribution in [2.45, 2.75) is 45.2 Å². The van der Waals surface area contributed by atoms with E-state index in [1.807, 2.05) is 13.8 Å². The molecule has 6 heteroatoms. The number of hydrogen-bond acceptors (Lipinski definition) is 2. The fourth-order valence-electron chi connectivity index (χ4n) is 2.49. The maximum atomic E-state index is 12.9. The average Bonchev–Trinajstić information content (AvgIpc) is 2.43. The summed E-state index contributed by atoms with van der Waals surface area (Å²) in [6.07, 6.45) is 1.02. The number of amides is 2. The lowest BCUT2D eigenvalue weighted by Gasteiger charge is -2.44. The highest BCUT2D eigenvalue weighted by Gasteiger charge is 2.47. The molecule has 1 saturated heterocycles. The van der Waals surface area contributed by atoms with Crippen molar-refractivity contribution in [1.29, 1.82) is 0 Å². The van der Waals surface area contributed by atoms with Gasteiger partial charge in [-0.3, -0.25) is 14.5 Å². The SMILES string of the molecule is CCC1C(=O)NC(C)(CC)C(=O)N1c1ccc(Cl)cc1Cl. The zero-order valence-electron chi connectivity index (χ0n) is 12.2. The normalized spacial score (nSPS) is 26.0. The summed E-state index contributed by atoms with van der Waals surface area (Å²) >= 11 is 12.1. The van der Waals surface area contributed by atoms with Gasteiger partial charge in [-0.15, -0.1) is 0 Å². The molecule has 0 saturated carbocycles. The first-order valence-corrected chi connectivity index (χ1v) is 7.70. The van der Waals surface area contributed by atoms with E-state index in [9.17, 15) is 9.59 Å². The molecule has 1 aromatic rings. The predicted molar refractivity (Wildman–Crippen MR) is 84.9 cm³/mol. The van der Waals surface area contributed by atoms with Crippen LogP contribution in [0.3, 0.4) is 0 Å². The first-order valence-electron chi connectivity index (χ1n) is 6.94. The Morgan fingerprint density at radius 3 is 2.48 bits per heavy atom. The third-order valence-electron chi connectivity index (χ3n) is 3.97. The summed E-state index contributed by atoms with van der Waals surface area (Å²) in [7, 11) is 0. The Labute approximate surface area is 134 Å². The second kappa shape index (κ2) is 5.85. The second-order valence-electron chi connectivity index (χ2n) is 5.37. The van der Waals surface area contributed by atoms with Crippen LogP contribution in [0.2, 0.25) is 10.0 Å². The summed E-state index contributed by atoms with van der Waals surface area (Å²) < 4.78 is 0. The molecule has 114 valence electrons. The Balaban J connectivity index is 2.54. The van der Waals surface area contributed by atoms with Crippen molar-refractivity contribution in [3.05, 3.63) is 28.2 Å². The van der Waals surface area contributed by atoms with Crippen LogP contribution >= 0.6 is 23.2 Å². The van der Waals surface area contributed by atoms with Crippen molar-refractivity contribution in [2.24, 2.45) is 0 Å². The summed E-state index contributed by atoms with van der Waals surface area (Å²) in [5, 5.41) is 3.68. The van der Waals surface area contributed by atoms with E-state index < -0.39 is 11.6 Å². The fraction of sp³-hybridized carbons (Fsp3) is 0.467. The van der Waals surface area contributed by atoms with Gasteiger partial charge in [0, 0.05) is 5.02 Å². The lowest BCUT2D eigenvalue weighted by Crippen LogP contribution is -2.69. The standard InChI is InChI=1S/C15H18Cl2N2O2/c1-4-11-13(20)18-15(3,5-2)14(21)19(11)12-7-6-9(16)8-10(12)17/h6-8,11H,4-5H2,1-3H3,(H,18,20). The van der Waals surface area contributed by atoms with Crippen molar-refractivity contribution in [2.75, 3.05) is 4.90 Å². The van der Waals surface area contributed by atoms with Gasteiger partial charge in [0.05, 0.1) is 10.7 Å². The second-order valence-corrected chi connectivity index (χ2v) is 6.21. The van der Waals surface area contributed by atoms with Crippen LogP contribution in [0.15, 0.2) is 18.2 Å². The van der Waals surface area contributed by atoms with Crippen LogP contribution in [0.5, 0.6) is 0 Å². The highest BCUT2D eigenvalue weighted by Crippen LogP contribution is 2.34. The van der Waals surface area contributed by atoms with Gasteiger partial charge < -0.3 is 5.32 Å². The fourth-order valence-corrected chi connectivity index (χ4v) is 2.99. The maximum Gasteiger partial charge on any atom is 0.253 e. The van der Waals surface area contributed by atoms with Gasteiger partial charge in [-0.2, -0.15) is 0 Å². The molecular formula is C15H18Cl2N2O2. The molecular weight excluding hydrogens is 311 g/mol. The Morgan fingerprint density at radius 2 is 1.95 bits per heavy atom. The van der Waals surface area contributed by atoms with Crippen LogP contribution in [-0.4, -0.2) is 23.4 Å². The molecule has 1 aromatic carbocycles. The van der Waals surface area contributed by atoms with Crippen LogP contribution in [0.25, 0.3) is 0 Å². The molecule has 1 N–H and O–H groups in total. The molecule has 0 bridgehead atoms. The van der Waals surface area contributed by atoms with Gasteiger partial charge in [-0.25, -0.2) is 0 Å².